The highest BCUT2D eigenvalue weighted by Gasteiger charge is 2.13. The van der Waals surface area contributed by atoms with Crippen LogP contribution in [0, 0.1) is 6.92 Å². The van der Waals surface area contributed by atoms with E-state index in [0.29, 0.717) is 29.0 Å². The van der Waals surface area contributed by atoms with E-state index >= 15 is 0 Å². The Bertz CT molecular complexity index is 945. The van der Waals surface area contributed by atoms with E-state index < -0.39 is 9.84 Å². The van der Waals surface area contributed by atoms with Gasteiger partial charge in [0.05, 0.1) is 11.0 Å². The highest BCUT2D eigenvalue weighted by atomic mass is 35.5. The molecule has 0 aromatic heterocycles. The first-order valence-corrected chi connectivity index (χ1v) is 11.0. The molecule has 0 aliphatic heterocycles. The summed E-state index contributed by atoms with van der Waals surface area (Å²) in [6.45, 7) is 2.82. The van der Waals surface area contributed by atoms with Crippen LogP contribution in [0.25, 0.3) is 0 Å². The Labute approximate surface area is 171 Å². The van der Waals surface area contributed by atoms with Crippen molar-refractivity contribution in [3.8, 4) is 0 Å². The number of nitrogens with zero attached hydrogens (tertiary/aromatic N) is 1. The molecule has 0 aliphatic carbocycles. The van der Waals surface area contributed by atoms with E-state index in [1.54, 1.807) is 33.2 Å². The third kappa shape index (κ3) is 6.22. The molecule has 0 amide bonds. The number of aliphatic imine (C=N–C) groups is 1. The van der Waals surface area contributed by atoms with E-state index in [-0.39, 0.29) is 6.10 Å². The molecule has 1 unspecified atom stereocenters. The number of halogens is 1. The molecule has 0 saturated heterocycles. The summed E-state index contributed by atoms with van der Waals surface area (Å²) in [6, 6.07) is 12.8. The molecular weight excluding hydrogens is 398 g/mol. The largest absolute Gasteiger partial charge is 0.375 e. The molecule has 2 aromatic carbocycles. The Morgan fingerprint density at radius 2 is 1.96 bits per heavy atom. The predicted octanol–water partition coefficient (Wildman–Crippen LogP) is 3.10. The lowest BCUT2D eigenvalue weighted by Crippen LogP contribution is -2.39. The minimum Gasteiger partial charge on any atom is -0.375 e. The summed E-state index contributed by atoms with van der Waals surface area (Å²) in [7, 11) is 0.121. The van der Waals surface area contributed by atoms with Crippen LogP contribution in [-0.2, 0) is 21.1 Å². The summed E-state index contributed by atoms with van der Waals surface area (Å²) in [6.07, 6.45) is 1.04. The maximum absolute atomic E-state index is 11.7. The van der Waals surface area contributed by atoms with Gasteiger partial charge < -0.3 is 15.4 Å². The van der Waals surface area contributed by atoms with Gasteiger partial charge in [-0.15, -0.1) is 0 Å². The van der Waals surface area contributed by atoms with Crippen LogP contribution in [-0.4, -0.2) is 41.3 Å². The third-order valence-corrected chi connectivity index (χ3v) is 5.77. The Hall–Kier alpha value is -2.09. The summed E-state index contributed by atoms with van der Waals surface area (Å²) in [5.74, 6) is 0.619. The molecule has 152 valence electrons. The van der Waals surface area contributed by atoms with Crippen molar-refractivity contribution in [2.75, 3.05) is 27.0 Å². The Morgan fingerprint density at radius 1 is 1.21 bits per heavy atom. The van der Waals surface area contributed by atoms with Crippen molar-refractivity contribution in [2.45, 2.75) is 24.5 Å². The number of guanidine groups is 1. The molecule has 6 nitrogen and oxygen atoms in total. The maximum Gasteiger partial charge on any atom is 0.191 e. The van der Waals surface area contributed by atoms with E-state index in [9.17, 15) is 8.42 Å². The molecule has 2 N–H and O–H groups in total. The maximum atomic E-state index is 11.7. The lowest BCUT2D eigenvalue weighted by atomic mass is 10.1. The number of nitrogens with one attached hydrogen (secondary N) is 2. The monoisotopic (exact) mass is 423 g/mol. The van der Waals surface area contributed by atoms with Crippen LogP contribution in [0.2, 0.25) is 5.02 Å². The van der Waals surface area contributed by atoms with Gasteiger partial charge in [0.2, 0.25) is 0 Å². The third-order valence-electron chi connectivity index (χ3n) is 4.28. The highest BCUT2D eigenvalue weighted by Crippen LogP contribution is 2.20. The first-order chi connectivity index (χ1) is 13.2. The van der Waals surface area contributed by atoms with Crippen LogP contribution in [0.5, 0.6) is 0 Å². The van der Waals surface area contributed by atoms with Gasteiger partial charge in [0, 0.05) is 38.5 Å². The van der Waals surface area contributed by atoms with E-state index in [1.807, 2.05) is 30.3 Å². The van der Waals surface area contributed by atoms with Crippen LogP contribution in [0.15, 0.2) is 52.4 Å². The summed E-state index contributed by atoms with van der Waals surface area (Å²) in [5.41, 5.74) is 2.67. The number of ether oxygens (including phenoxy) is 1. The van der Waals surface area contributed by atoms with Gasteiger partial charge in [-0.05, 0) is 41.8 Å². The zero-order chi connectivity index (χ0) is 20.7. The van der Waals surface area contributed by atoms with Gasteiger partial charge in [0.25, 0.3) is 0 Å². The fraction of sp³-hybridized carbons (Fsp3) is 0.350. The van der Waals surface area contributed by atoms with Crippen molar-refractivity contribution in [3.63, 3.8) is 0 Å². The molecule has 28 heavy (non-hydrogen) atoms. The van der Waals surface area contributed by atoms with Crippen LogP contribution >= 0.6 is 11.6 Å². The number of methoxy groups -OCH3 is 1. The lowest BCUT2D eigenvalue weighted by Gasteiger charge is -2.19. The zero-order valence-corrected chi connectivity index (χ0v) is 18.1. The van der Waals surface area contributed by atoms with Gasteiger partial charge in [0.15, 0.2) is 15.8 Å². The van der Waals surface area contributed by atoms with Gasteiger partial charge >= 0.3 is 0 Å². The number of hydrogen-bond acceptors (Lipinski definition) is 4. The first-order valence-electron chi connectivity index (χ1n) is 8.77. The standard InChI is InChI=1S/C20H26ClN3O3S/c1-14-10-15(8-9-19(14)28(4,25)26)12-23-20(22-2)24-13-18(27-3)16-6-5-7-17(21)11-16/h5-11,18H,12-13H2,1-4H3,(H2,22,23,24). The molecular formula is C20H26ClN3O3S. The minimum atomic E-state index is -3.22. The smallest absolute Gasteiger partial charge is 0.191 e. The average Bonchev–Trinajstić information content (AvgIpc) is 2.63. The van der Waals surface area contributed by atoms with Gasteiger partial charge in [-0.25, -0.2) is 8.42 Å². The van der Waals surface area contributed by atoms with Crippen molar-refractivity contribution in [3.05, 3.63) is 64.2 Å². The zero-order valence-electron chi connectivity index (χ0n) is 16.5. The molecule has 0 spiro atoms. The van der Waals surface area contributed by atoms with Crippen LogP contribution < -0.4 is 10.6 Å². The molecule has 8 heteroatoms. The van der Waals surface area contributed by atoms with E-state index in [2.05, 4.69) is 15.6 Å². The van der Waals surface area contributed by atoms with Crippen molar-refractivity contribution in [2.24, 2.45) is 4.99 Å². The fourth-order valence-electron chi connectivity index (χ4n) is 2.88. The summed E-state index contributed by atoms with van der Waals surface area (Å²) >= 11 is 6.06. The summed E-state index contributed by atoms with van der Waals surface area (Å²) in [4.78, 5) is 4.57. The van der Waals surface area contributed by atoms with Crippen molar-refractivity contribution in [1.29, 1.82) is 0 Å². The van der Waals surface area contributed by atoms with Crippen molar-refractivity contribution in [1.82, 2.24) is 10.6 Å². The number of hydrogen-bond donors (Lipinski definition) is 2. The number of sulfone groups is 1. The summed E-state index contributed by atoms with van der Waals surface area (Å²) < 4.78 is 29.0. The van der Waals surface area contributed by atoms with Gasteiger partial charge in [-0.2, -0.15) is 0 Å². The Morgan fingerprint density at radius 3 is 2.54 bits per heavy atom. The number of rotatable bonds is 7. The molecule has 1 atom stereocenters. The second kappa shape index (κ2) is 9.91. The van der Waals surface area contributed by atoms with Gasteiger partial charge in [0.1, 0.15) is 0 Å². The second-order valence-electron chi connectivity index (χ2n) is 6.46. The fourth-order valence-corrected chi connectivity index (χ4v) is 4.04. The molecule has 0 heterocycles. The molecule has 0 bridgehead atoms. The first kappa shape index (κ1) is 22.2. The normalized spacial score (nSPS) is 13.2. The SMILES string of the molecule is CN=C(NCc1ccc(S(C)(=O)=O)c(C)c1)NCC(OC)c1cccc(Cl)c1. The minimum absolute atomic E-state index is 0.173. The molecule has 0 aliphatic rings. The van der Waals surface area contributed by atoms with Crippen LogP contribution in [0.4, 0.5) is 0 Å². The van der Waals surface area contributed by atoms with E-state index in [0.717, 1.165) is 16.7 Å². The number of aryl methyl sites for hydroxylation is 1. The topological polar surface area (TPSA) is 79.8 Å². The van der Waals surface area contributed by atoms with Crippen molar-refractivity contribution >= 4 is 27.4 Å². The van der Waals surface area contributed by atoms with Crippen LogP contribution in [0.1, 0.15) is 22.8 Å². The van der Waals surface area contributed by atoms with E-state index in [1.165, 1.54) is 6.26 Å². The summed E-state index contributed by atoms with van der Waals surface area (Å²) in [5, 5.41) is 7.12. The van der Waals surface area contributed by atoms with E-state index in [4.69, 9.17) is 16.3 Å². The van der Waals surface area contributed by atoms with Crippen LogP contribution in [0.3, 0.4) is 0 Å². The molecule has 0 radical (unpaired) electrons. The van der Waals surface area contributed by atoms with Gasteiger partial charge in [-0.1, -0.05) is 35.9 Å². The molecule has 2 rings (SSSR count). The molecule has 2 aromatic rings. The van der Waals surface area contributed by atoms with Crippen molar-refractivity contribution < 1.29 is 13.2 Å². The number of benzene rings is 2. The second-order valence-corrected chi connectivity index (χ2v) is 8.88. The highest BCUT2D eigenvalue weighted by molar-refractivity contribution is 7.90. The average molecular weight is 424 g/mol. The quantitative estimate of drug-likeness (QED) is 0.528. The molecule has 0 saturated carbocycles. The molecule has 0 fully saturated rings. The predicted molar refractivity (Wildman–Crippen MR) is 114 cm³/mol. The lowest BCUT2D eigenvalue weighted by molar-refractivity contribution is 0.106. The Kier molecular flexibility index (Phi) is 7.86. The Balaban J connectivity index is 1.97. The van der Waals surface area contributed by atoms with Gasteiger partial charge in [-0.3, -0.25) is 4.99 Å².